The second-order valence-electron chi connectivity index (χ2n) is 7.74. The minimum Gasteiger partial charge on any atom is -0.491 e. The van der Waals surface area contributed by atoms with Gasteiger partial charge in [0.1, 0.15) is 5.92 Å². The van der Waals surface area contributed by atoms with Crippen LogP contribution in [0.2, 0.25) is 10.0 Å². The van der Waals surface area contributed by atoms with Gasteiger partial charge in [0, 0.05) is 19.0 Å². The summed E-state index contributed by atoms with van der Waals surface area (Å²) in [6.07, 6.45) is 1.64. The monoisotopic (exact) mass is 541 g/mol. The molecule has 11 heteroatoms. The number of nitrogens with one attached hydrogen (secondary N) is 1. The number of benzene rings is 1. The quantitative estimate of drug-likeness (QED) is 0.324. The second kappa shape index (κ2) is 13.6. The van der Waals surface area contributed by atoms with Gasteiger partial charge in [0.2, 0.25) is 11.8 Å². The Hall–Kier alpha value is -2.41. The van der Waals surface area contributed by atoms with E-state index in [0.717, 1.165) is 24.6 Å². The van der Waals surface area contributed by atoms with Crippen LogP contribution >= 0.6 is 35.0 Å². The van der Waals surface area contributed by atoms with Crippen molar-refractivity contribution in [2.24, 2.45) is 5.92 Å². The van der Waals surface area contributed by atoms with Crippen LogP contribution in [0.4, 0.5) is 0 Å². The van der Waals surface area contributed by atoms with Crippen LogP contribution in [0.25, 0.3) is 0 Å². The van der Waals surface area contributed by atoms with Crippen LogP contribution in [0.5, 0.6) is 5.75 Å². The lowest BCUT2D eigenvalue weighted by Crippen LogP contribution is -2.44. The summed E-state index contributed by atoms with van der Waals surface area (Å²) in [7, 11) is 1.17. The van der Waals surface area contributed by atoms with E-state index in [0.29, 0.717) is 25.3 Å². The maximum atomic E-state index is 13.0. The summed E-state index contributed by atoms with van der Waals surface area (Å²) in [5, 5.41) is 13.3. The number of nitrogens with zero attached hydrogens (tertiary/aromatic N) is 2. The molecule has 0 aromatic heterocycles. The number of methoxy groups -OCH3 is 1. The molecule has 35 heavy (non-hydrogen) atoms. The largest absolute Gasteiger partial charge is 0.491 e. The first-order chi connectivity index (χ1) is 16.7. The molecule has 0 spiro atoms. The van der Waals surface area contributed by atoms with E-state index < -0.39 is 23.7 Å². The average Bonchev–Trinajstić information content (AvgIpc) is 2.83. The van der Waals surface area contributed by atoms with Gasteiger partial charge >= 0.3 is 5.97 Å². The lowest BCUT2D eigenvalue weighted by molar-refractivity contribution is -0.150. The maximum absolute atomic E-state index is 13.0. The molecule has 0 fully saturated rings. The standard InChI is InChI=1S/C24H29Cl2N3O5S/c1-5-8-29(9-6-2)18(30)13-35-23-15(12-27)19(20(22(31)28-23)24(32)33-4)14-10-16(25)21(34-7-3)17(26)11-14/h10-11,19-20H,5-9,13H2,1-4H3,(H,28,31)/t19-,20+/m1/s1. The lowest BCUT2D eigenvalue weighted by atomic mass is 9.78. The number of thioether (sulfide) groups is 1. The summed E-state index contributed by atoms with van der Waals surface area (Å²) < 4.78 is 10.3. The molecule has 1 aromatic rings. The van der Waals surface area contributed by atoms with Gasteiger partial charge in [0.05, 0.1) is 46.2 Å². The molecule has 1 aromatic carbocycles. The summed E-state index contributed by atoms with van der Waals surface area (Å²) in [5.74, 6) is -3.60. The van der Waals surface area contributed by atoms with E-state index in [2.05, 4.69) is 11.4 Å². The smallest absolute Gasteiger partial charge is 0.319 e. The third-order valence-electron chi connectivity index (χ3n) is 5.33. The van der Waals surface area contributed by atoms with Crippen LogP contribution in [0.15, 0.2) is 22.7 Å². The number of carbonyl (C=O) groups is 3. The zero-order valence-electron chi connectivity index (χ0n) is 20.2. The highest BCUT2D eigenvalue weighted by atomic mass is 35.5. The van der Waals surface area contributed by atoms with Gasteiger partial charge in [-0.15, -0.1) is 0 Å². The van der Waals surface area contributed by atoms with E-state index in [9.17, 15) is 19.6 Å². The van der Waals surface area contributed by atoms with Crippen LogP contribution in [-0.2, 0) is 19.1 Å². The van der Waals surface area contributed by atoms with Gasteiger partial charge in [-0.1, -0.05) is 48.8 Å². The highest BCUT2D eigenvalue weighted by Gasteiger charge is 2.44. The van der Waals surface area contributed by atoms with Crippen molar-refractivity contribution in [2.75, 3.05) is 32.6 Å². The molecule has 1 heterocycles. The first kappa shape index (κ1) is 28.8. The van der Waals surface area contributed by atoms with Crippen LogP contribution < -0.4 is 10.1 Å². The Morgan fingerprint density at radius 3 is 2.26 bits per heavy atom. The van der Waals surface area contributed by atoms with E-state index in [4.69, 9.17) is 32.7 Å². The molecule has 2 rings (SSSR count). The zero-order chi connectivity index (χ0) is 26.1. The molecule has 2 amide bonds. The normalized spacial score (nSPS) is 17.5. The number of carbonyl (C=O) groups excluding carboxylic acids is 3. The molecule has 0 saturated heterocycles. The summed E-state index contributed by atoms with van der Waals surface area (Å²) >= 11 is 13.8. The molecule has 0 saturated carbocycles. The summed E-state index contributed by atoms with van der Waals surface area (Å²) in [4.78, 5) is 40.1. The van der Waals surface area contributed by atoms with Gasteiger partial charge in [-0.25, -0.2) is 0 Å². The van der Waals surface area contributed by atoms with Gasteiger partial charge in [-0.2, -0.15) is 5.26 Å². The Balaban J connectivity index is 2.52. The van der Waals surface area contributed by atoms with Gasteiger partial charge in [-0.05, 0) is 37.5 Å². The molecule has 8 nitrogen and oxygen atoms in total. The summed E-state index contributed by atoms with van der Waals surface area (Å²) in [6, 6.07) is 5.15. The Morgan fingerprint density at radius 1 is 1.17 bits per heavy atom. The van der Waals surface area contributed by atoms with Gasteiger partial charge in [0.25, 0.3) is 0 Å². The molecule has 190 valence electrons. The Morgan fingerprint density at radius 2 is 1.77 bits per heavy atom. The van der Waals surface area contributed by atoms with Crippen LogP contribution in [0.1, 0.15) is 45.1 Å². The van der Waals surface area contributed by atoms with E-state index in [1.165, 1.54) is 19.2 Å². The molecule has 0 aliphatic carbocycles. The van der Waals surface area contributed by atoms with E-state index in [1.807, 2.05) is 13.8 Å². The number of esters is 1. The number of hydrogen-bond donors (Lipinski definition) is 1. The van der Waals surface area contributed by atoms with Gasteiger partial charge in [-0.3, -0.25) is 14.4 Å². The highest BCUT2D eigenvalue weighted by molar-refractivity contribution is 8.03. The van der Waals surface area contributed by atoms with Crippen molar-refractivity contribution in [1.29, 1.82) is 5.26 Å². The number of amides is 2. The Kier molecular flexibility index (Phi) is 11.2. The van der Waals surface area contributed by atoms with Crippen molar-refractivity contribution in [3.8, 4) is 11.8 Å². The number of rotatable bonds is 11. The molecule has 1 N–H and O–H groups in total. The topological polar surface area (TPSA) is 109 Å². The third-order valence-corrected chi connectivity index (χ3v) is 6.90. The SMILES string of the molecule is CCCN(CCC)C(=O)CSC1=C(C#N)[C@@H](c2cc(Cl)c(OCC)c(Cl)c2)[C@H](C(=O)OC)C(=O)N1. The number of allylic oxidation sites excluding steroid dienone is 1. The molecule has 1 aliphatic heterocycles. The van der Waals surface area contributed by atoms with Crippen LogP contribution in [0.3, 0.4) is 0 Å². The first-order valence-electron chi connectivity index (χ1n) is 11.3. The lowest BCUT2D eigenvalue weighted by Gasteiger charge is -2.31. The fraction of sp³-hybridized carbons (Fsp3) is 0.500. The fourth-order valence-corrected chi connectivity index (χ4v) is 5.41. The molecular weight excluding hydrogens is 513 g/mol. The van der Waals surface area contributed by atoms with Gasteiger partial charge < -0.3 is 19.7 Å². The van der Waals surface area contributed by atoms with Crippen LogP contribution in [0, 0.1) is 17.2 Å². The van der Waals surface area contributed by atoms with E-state index in [1.54, 1.807) is 11.8 Å². The summed E-state index contributed by atoms with van der Waals surface area (Å²) in [5.41, 5.74) is 0.500. The fourth-order valence-electron chi connectivity index (χ4n) is 3.85. The molecular formula is C24H29Cl2N3O5S. The van der Waals surface area contributed by atoms with Crippen molar-refractivity contribution < 1.29 is 23.9 Å². The minimum atomic E-state index is -1.34. The zero-order valence-corrected chi connectivity index (χ0v) is 22.5. The minimum absolute atomic E-state index is 0.0290. The number of ether oxygens (including phenoxy) is 2. The average molecular weight is 542 g/mol. The van der Waals surface area contributed by atoms with Crippen molar-refractivity contribution in [1.82, 2.24) is 10.2 Å². The predicted octanol–water partition coefficient (Wildman–Crippen LogP) is 4.51. The number of hydrogen-bond acceptors (Lipinski definition) is 7. The molecule has 0 bridgehead atoms. The molecule has 1 aliphatic rings. The van der Waals surface area contributed by atoms with Crippen molar-refractivity contribution in [3.63, 3.8) is 0 Å². The summed E-state index contributed by atoms with van der Waals surface area (Å²) in [6.45, 7) is 7.35. The highest BCUT2D eigenvalue weighted by Crippen LogP contribution is 2.44. The van der Waals surface area contributed by atoms with E-state index in [-0.39, 0.29) is 38.1 Å². The van der Waals surface area contributed by atoms with Crippen molar-refractivity contribution in [2.45, 2.75) is 39.5 Å². The Labute approximate surface area is 219 Å². The molecule has 2 atom stereocenters. The van der Waals surface area contributed by atoms with E-state index >= 15 is 0 Å². The van der Waals surface area contributed by atoms with Crippen molar-refractivity contribution in [3.05, 3.63) is 38.3 Å². The predicted molar refractivity (Wildman–Crippen MR) is 136 cm³/mol. The molecule has 0 unspecified atom stereocenters. The third kappa shape index (κ3) is 6.84. The number of nitriles is 1. The van der Waals surface area contributed by atoms with Crippen molar-refractivity contribution >= 4 is 52.7 Å². The maximum Gasteiger partial charge on any atom is 0.319 e. The van der Waals surface area contributed by atoms with Crippen LogP contribution in [-0.4, -0.2) is 55.2 Å². The Bertz CT molecular complexity index is 1010. The first-order valence-corrected chi connectivity index (χ1v) is 13.0. The second-order valence-corrected chi connectivity index (χ2v) is 9.54. The number of halogens is 2. The van der Waals surface area contributed by atoms with Gasteiger partial charge in [0.15, 0.2) is 5.75 Å². The molecule has 0 radical (unpaired) electrons.